The zero-order chi connectivity index (χ0) is 13.5. The van der Waals surface area contributed by atoms with Gasteiger partial charge in [-0.15, -0.1) is 0 Å². The fourth-order valence-electron chi connectivity index (χ4n) is 1.67. The van der Waals surface area contributed by atoms with Gasteiger partial charge in [0.05, 0.1) is 12.3 Å². The summed E-state index contributed by atoms with van der Waals surface area (Å²) in [6, 6.07) is 12.8. The van der Waals surface area contributed by atoms with Crippen molar-refractivity contribution in [3.05, 3.63) is 54.4 Å². The van der Waals surface area contributed by atoms with Crippen LogP contribution in [0.3, 0.4) is 0 Å². The van der Waals surface area contributed by atoms with Gasteiger partial charge in [-0.3, -0.25) is 4.98 Å². The lowest BCUT2D eigenvalue weighted by Crippen LogP contribution is -2.11. The minimum absolute atomic E-state index is 0.140. The highest BCUT2D eigenvalue weighted by Crippen LogP contribution is 2.27. The molecule has 2 aromatic rings. The van der Waals surface area contributed by atoms with E-state index in [9.17, 15) is 5.11 Å². The lowest BCUT2D eigenvalue weighted by molar-refractivity contribution is 0.102. The van der Waals surface area contributed by atoms with Gasteiger partial charge in [0.2, 0.25) is 0 Å². The molecule has 1 unspecified atom stereocenters. The molecule has 0 saturated heterocycles. The number of para-hydroxylation sites is 2. The van der Waals surface area contributed by atoms with Crippen LogP contribution in [-0.4, -0.2) is 23.3 Å². The molecular weight excluding hydrogens is 242 g/mol. The summed E-state index contributed by atoms with van der Waals surface area (Å²) >= 11 is 0. The van der Waals surface area contributed by atoms with Crippen molar-refractivity contribution in [2.24, 2.45) is 0 Å². The topological polar surface area (TPSA) is 51.6 Å². The summed E-state index contributed by atoms with van der Waals surface area (Å²) in [4.78, 5) is 4.09. The second-order valence-electron chi connectivity index (χ2n) is 3.96. The fourth-order valence-corrected chi connectivity index (χ4v) is 1.67. The number of hydrogen-bond donors (Lipinski definition) is 1. The maximum atomic E-state index is 9.97. The van der Waals surface area contributed by atoms with E-state index in [2.05, 4.69) is 4.98 Å². The zero-order valence-corrected chi connectivity index (χ0v) is 10.8. The third kappa shape index (κ3) is 3.69. The molecule has 0 aliphatic rings. The number of nitrogens with zero attached hydrogens (tertiary/aromatic N) is 1. The fraction of sp³-hybridized carbons (Fsp3) is 0.267. The van der Waals surface area contributed by atoms with E-state index in [1.165, 1.54) is 0 Å². The predicted octanol–water partition coefficient (Wildman–Crippen LogP) is 2.59. The molecule has 1 N–H and O–H groups in total. The molecule has 0 bridgehead atoms. The Kier molecular flexibility index (Phi) is 4.75. The summed E-state index contributed by atoms with van der Waals surface area (Å²) in [5, 5.41) is 9.97. The Morgan fingerprint density at radius 1 is 1.05 bits per heavy atom. The van der Waals surface area contributed by atoms with Crippen molar-refractivity contribution in [1.82, 2.24) is 4.98 Å². The molecule has 0 aliphatic heterocycles. The van der Waals surface area contributed by atoms with Crippen LogP contribution in [0.1, 0.15) is 18.7 Å². The molecule has 0 radical (unpaired) electrons. The first-order valence-electron chi connectivity index (χ1n) is 6.25. The second kappa shape index (κ2) is 6.75. The van der Waals surface area contributed by atoms with E-state index in [0.29, 0.717) is 23.8 Å². The monoisotopic (exact) mass is 259 g/mol. The minimum atomic E-state index is -0.754. The van der Waals surface area contributed by atoms with Gasteiger partial charge in [-0.25, -0.2) is 0 Å². The van der Waals surface area contributed by atoms with Crippen molar-refractivity contribution in [2.75, 3.05) is 13.2 Å². The maximum absolute atomic E-state index is 9.97. The quantitative estimate of drug-likeness (QED) is 0.866. The van der Waals surface area contributed by atoms with Gasteiger partial charge in [0, 0.05) is 6.20 Å². The summed E-state index contributed by atoms with van der Waals surface area (Å²) in [6.07, 6.45) is 0.892. The highest BCUT2D eigenvalue weighted by atomic mass is 16.5. The Balaban J connectivity index is 1.99. The number of pyridine rings is 1. The summed E-state index contributed by atoms with van der Waals surface area (Å²) in [6.45, 7) is 2.63. The predicted molar refractivity (Wildman–Crippen MR) is 72.3 cm³/mol. The molecule has 2 rings (SSSR count). The Hall–Kier alpha value is -2.07. The summed E-state index contributed by atoms with van der Waals surface area (Å²) in [5.41, 5.74) is 0.594. The molecule has 1 heterocycles. The Morgan fingerprint density at radius 2 is 1.74 bits per heavy atom. The lowest BCUT2D eigenvalue weighted by Gasteiger charge is -2.14. The van der Waals surface area contributed by atoms with Crippen molar-refractivity contribution in [1.29, 1.82) is 0 Å². The Morgan fingerprint density at radius 3 is 2.37 bits per heavy atom. The van der Waals surface area contributed by atoms with Crippen LogP contribution in [0, 0.1) is 0 Å². The van der Waals surface area contributed by atoms with E-state index in [0.717, 1.165) is 0 Å². The van der Waals surface area contributed by atoms with Gasteiger partial charge in [-0.1, -0.05) is 18.2 Å². The summed E-state index contributed by atoms with van der Waals surface area (Å²) in [7, 11) is 0. The van der Waals surface area contributed by atoms with Gasteiger partial charge in [0.25, 0.3) is 0 Å². The van der Waals surface area contributed by atoms with Crippen LogP contribution in [0.5, 0.6) is 11.5 Å². The third-order valence-electron chi connectivity index (χ3n) is 2.57. The molecule has 0 spiro atoms. The van der Waals surface area contributed by atoms with Crippen LogP contribution in [0.4, 0.5) is 0 Å². The van der Waals surface area contributed by atoms with E-state index in [4.69, 9.17) is 9.47 Å². The molecule has 4 nitrogen and oxygen atoms in total. The Labute approximate surface area is 112 Å². The van der Waals surface area contributed by atoms with E-state index < -0.39 is 6.10 Å². The highest BCUT2D eigenvalue weighted by molar-refractivity contribution is 5.39. The van der Waals surface area contributed by atoms with Gasteiger partial charge in [-0.05, 0) is 31.2 Å². The standard InChI is InChI=1S/C15H17NO3/c1-2-18-14-8-3-4-9-15(14)19-11-13(17)12-7-5-6-10-16-12/h3-10,13,17H,2,11H2,1H3. The number of benzene rings is 1. The van der Waals surface area contributed by atoms with Crippen molar-refractivity contribution in [3.63, 3.8) is 0 Å². The first-order valence-corrected chi connectivity index (χ1v) is 6.25. The number of hydrogen-bond acceptors (Lipinski definition) is 4. The number of rotatable bonds is 6. The van der Waals surface area contributed by atoms with Gasteiger partial charge >= 0.3 is 0 Å². The van der Waals surface area contributed by atoms with Crippen molar-refractivity contribution >= 4 is 0 Å². The second-order valence-corrected chi connectivity index (χ2v) is 3.96. The smallest absolute Gasteiger partial charge is 0.161 e. The number of aliphatic hydroxyl groups is 1. The lowest BCUT2D eigenvalue weighted by atomic mass is 10.2. The summed E-state index contributed by atoms with van der Waals surface area (Å²) in [5.74, 6) is 1.30. The third-order valence-corrected chi connectivity index (χ3v) is 2.57. The summed E-state index contributed by atoms with van der Waals surface area (Å²) < 4.78 is 11.0. The number of aromatic nitrogens is 1. The molecular formula is C15H17NO3. The first-order chi connectivity index (χ1) is 9.31. The molecule has 0 fully saturated rings. The molecule has 1 atom stereocenters. The zero-order valence-electron chi connectivity index (χ0n) is 10.8. The van der Waals surface area contributed by atoms with Crippen LogP contribution in [0.25, 0.3) is 0 Å². The number of ether oxygens (including phenoxy) is 2. The first kappa shape index (κ1) is 13.4. The average Bonchev–Trinajstić information content (AvgIpc) is 2.47. The van der Waals surface area contributed by atoms with E-state index in [1.54, 1.807) is 12.3 Å². The SMILES string of the molecule is CCOc1ccccc1OCC(O)c1ccccn1. The largest absolute Gasteiger partial charge is 0.490 e. The van der Waals surface area contributed by atoms with E-state index in [1.807, 2.05) is 43.3 Å². The van der Waals surface area contributed by atoms with Gasteiger partial charge in [0.1, 0.15) is 12.7 Å². The molecule has 1 aromatic heterocycles. The van der Waals surface area contributed by atoms with Gasteiger partial charge < -0.3 is 14.6 Å². The van der Waals surface area contributed by atoms with Crippen LogP contribution in [0.2, 0.25) is 0 Å². The normalized spacial score (nSPS) is 11.9. The molecule has 0 amide bonds. The van der Waals surface area contributed by atoms with Crippen LogP contribution in [-0.2, 0) is 0 Å². The Bertz CT molecular complexity index is 502. The van der Waals surface area contributed by atoms with Crippen LogP contribution in [0.15, 0.2) is 48.7 Å². The van der Waals surface area contributed by atoms with Crippen molar-refractivity contribution in [3.8, 4) is 11.5 Å². The number of aliphatic hydroxyl groups excluding tert-OH is 1. The van der Waals surface area contributed by atoms with Crippen LogP contribution >= 0.6 is 0 Å². The van der Waals surface area contributed by atoms with E-state index >= 15 is 0 Å². The maximum Gasteiger partial charge on any atom is 0.161 e. The average molecular weight is 259 g/mol. The van der Waals surface area contributed by atoms with Crippen molar-refractivity contribution < 1.29 is 14.6 Å². The van der Waals surface area contributed by atoms with Crippen molar-refractivity contribution in [2.45, 2.75) is 13.0 Å². The van der Waals surface area contributed by atoms with Gasteiger partial charge in [0.15, 0.2) is 11.5 Å². The molecule has 100 valence electrons. The van der Waals surface area contributed by atoms with Gasteiger partial charge in [-0.2, -0.15) is 0 Å². The molecule has 1 aromatic carbocycles. The minimum Gasteiger partial charge on any atom is -0.490 e. The molecule has 4 heteroatoms. The molecule has 19 heavy (non-hydrogen) atoms. The molecule has 0 aliphatic carbocycles. The molecule has 0 saturated carbocycles. The van der Waals surface area contributed by atoms with Crippen LogP contribution < -0.4 is 9.47 Å². The highest BCUT2D eigenvalue weighted by Gasteiger charge is 2.11. The van der Waals surface area contributed by atoms with E-state index in [-0.39, 0.29) is 6.61 Å².